The van der Waals surface area contributed by atoms with E-state index in [4.69, 9.17) is 33.7 Å². The molecular formula is C58H64F2N2O9. The maximum atomic E-state index is 15.0. The summed E-state index contributed by atoms with van der Waals surface area (Å²) >= 11 is 0. The summed E-state index contributed by atoms with van der Waals surface area (Å²) in [5, 5.41) is 25.0. The third-order valence-corrected chi connectivity index (χ3v) is 13.7. The monoisotopic (exact) mass is 970 g/mol. The van der Waals surface area contributed by atoms with Crippen LogP contribution in [0.25, 0.3) is 0 Å². The highest BCUT2D eigenvalue weighted by atomic mass is 19.1. The van der Waals surface area contributed by atoms with Crippen LogP contribution >= 0.6 is 0 Å². The molecule has 6 atom stereocenters. The summed E-state index contributed by atoms with van der Waals surface area (Å²) in [4.78, 5) is 22.8. The summed E-state index contributed by atoms with van der Waals surface area (Å²) in [6.07, 6.45) is 7.56. The molecule has 5 aromatic carbocycles. The van der Waals surface area contributed by atoms with Gasteiger partial charge in [0, 0.05) is 43.2 Å². The molecule has 0 spiro atoms. The van der Waals surface area contributed by atoms with E-state index in [1.54, 1.807) is 47.4 Å². The number of ether oxygens (including phenoxy) is 5. The Kier molecular flexibility index (Phi) is 18.1. The highest BCUT2D eigenvalue weighted by molar-refractivity contribution is 6.03. The second-order valence-corrected chi connectivity index (χ2v) is 18.3. The van der Waals surface area contributed by atoms with Gasteiger partial charge in [0.2, 0.25) is 5.79 Å². The quantitative estimate of drug-likeness (QED) is 0.0334. The maximum absolute atomic E-state index is 15.0. The molecule has 2 N–H and O–H groups in total. The topological polar surface area (TPSA) is 129 Å². The number of amides is 1. The molecule has 374 valence electrons. The van der Waals surface area contributed by atoms with E-state index in [1.807, 2.05) is 72.8 Å². The largest absolute Gasteiger partial charge is 0.489 e. The second kappa shape index (κ2) is 25.1. The summed E-state index contributed by atoms with van der Waals surface area (Å²) in [5.74, 6) is -2.41. The number of unbranched alkanes of at least 4 members (excludes halogenated alkanes) is 2. The summed E-state index contributed by atoms with van der Waals surface area (Å²) in [7, 11) is 0. The van der Waals surface area contributed by atoms with Gasteiger partial charge in [0.05, 0.1) is 31.5 Å². The lowest BCUT2D eigenvalue weighted by Gasteiger charge is -2.59. The molecule has 8 rings (SSSR count). The van der Waals surface area contributed by atoms with Gasteiger partial charge in [-0.2, -0.15) is 0 Å². The van der Waals surface area contributed by atoms with Gasteiger partial charge in [-0.05, 0) is 96.2 Å². The lowest BCUT2D eigenvalue weighted by molar-refractivity contribution is -0.256. The van der Waals surface area contributed by atoms with Crippen LogP contribution in [0.2, 0.25) is 0 Å². The third kappa shape index (κ3) is 12.6. The second-order valence-electron chi connectivity index (χ2n) is 18.3. The van der Waals surface area contributed by atoms with Crippen molar-refractivity contribution in [3.8, 4) is 11.5 Å². The molecule has 6 unspecified atom stereocenters. The van der Waals surface area contributed by atoms with E-state index in [1.165, 1.54) is 18.2 Å². The molecule has 71 heavy (non-hydrogen) atoms. The molecule has 13 heteroatoms. The molecule has 1 amide bonds. The van der Waals surface area contributed by atoms with Crippen molar-refractivity contribution in [1.29, 1.82) is 0 Å². The van der Waals surface area contributed by atoms with Crippen molar-refractivity contribution < 1.29 is 52.3 Å². The summed E-state index contributed by atoms with van der Waals surface area (Å²) in [5.41, 5.74) is 5.25. The van der Waals surface area contributed by atoms with Gasteiger partial charge in [-0.15, -0.1) is 6.58 Å². The Bertz CT molecular complexity index is 2560. The van der Waals surface area contributed by atoms with Crippen LogP contribution in [-0.2, 0) is 45.4 Å². The van der Waals surface area contributed by atoms with E-state index >= 15 is 4.79 Å². The fourth-order valence-corrected chi connectivity index (χ4v) is 10.4. The first kappa shape index (κ1) is 51.0. The van der Waals surface area contributed by atoms with Gasteiger partial charge in [-0.25, -0.2) is 13.6 Å². The van der Waals surface area contributed by atoms with E-state index < -0.39 is 29.7 Å². The first-order valence-corrected chi connectivity index (χ1v) is 24.7. The lowest BCUT2D eigenvalue weighted by Crippen LogP contribution is -2.70. The van der Waals surface area contributed by atoms with Gasteiger partial charge in [-0.1, -0.05) is 121 Å². The van der Waals surface area contributed by atoms with E-state index in [2.05, 4.69) is 12.7 Å². The number of hydrogen-bond acceptors (Lipinski definition) is 10. The van der Waals surface area contributed by atoms with Gasteiger partial charge in [0.25, 0.3) is 0 Å². The molecule has 3 aliphatic rings. The first-order valence-electron chi connectivity index (χ1n) is 24.7. The highest BCUT2D eigenvalue weighted by Gasteiger charge is 2.65. The molecule has 11 nitrogen and oxygen atoms in total. The standard InChI is InChI=1S/C58H64F2N2O9/c1-2-31-69-58-54(62(37-41-23-25-46(59)26-24-41)57(65)67-33-32-66-38-42-15-5-3-6-16-42)36-52(61-70-39-43-17-7-4-8-18-43)49-34-44(19-11-13-29-63)48(21-12-14-30-64)55(56(49)58)50-35-47(27-28-53(50)71-58)68-40-45-20-9-10-22-51(45)60/h2-10,15-18,20,22-28,34-35,44,48,54-56,63-64H,1,11-14,19,21,29-33,36-40H2. The molecule has 5 aromatic rings. The fraction of sp³-hybridized carbons (Fsp3) is 0.379. The number of hydrogen-bond donors (Lipinski definition) is 2. The van der Waals surface area contributed by atoms with Crippen LogP contribution in [-0.4, -0.2) is 71.8 Å². The van der Waals surface area contributed by atoms with Crippen LogP contribution in [0.4, 0.5) is 13.6 Å². The number of aliphatic hydroxyl groups excluding tert-OH is 2. The summed E-state index contributed by atoms with van der Waals surface area (Å²) < 4.78 is 62.3. The Morgan fingerprint density at radius 1 is 0.803 bits per heavy atom. The van der Waals surface area contributed by atoms with Crippen molar-refractivity contribution in [3.05, 3.63) is 191 Å². The van der Waals surface area contributed by atoms with E-state index in [0.717, 1.165) is 47.9 Å². The Morgan fingerprint density at radius 2 is 1.51 bits per heavy atom. The van der Waals surface area contributed by atoms with Crippen molar-refractivity contribution >= 4 is 11.8 Å². The van der Waals surface area contributed by atoms with Crippen molar-refractivity contribution in [2.24, 2.45) is 22.9 Å². The summed E-state index contributed by atoms with van der Waals surface area (Å²) in [6, 6.07) is 36.6. The predicted octanol–water partition coefficient (Wildman–Crippen LogP) is 11.2. The molecule has 1 fully saturated rings. The van der Waals surface area contributed by atoms with Crippen molar-refractivity contribution in [2.45, 2.75) is 89.1 Å². The first-order chi connectivity index (χ1) is 34.8. The van der Waals surface area contributed by atoms with Crippen LogP contribution in [0.5, 0.6) is 11.5 Å². The van der Waals surface area contributed by atoms with Crippen LogP contribution in [0.3, 0.4) is 0 Å². The number of fused-ring (bicyclic) bond motifs is 2. The minimum absolute atomic E-state index is 0.00293. The van der Waals surface area contributed by atoms with E-state index in [9.17, 15) is 19.0 Å². The number of nitrogens with zero attached hydrogens (tertiary/aromatic N) is 2. The zero-order valence-corrected chi connectivity index (χ0v) is 40.1. The minimum atomic E-state index is -1.60. The number of carbonyl (C=O) groups excluding carboxylic acids is 1. The number of halogens is 2. The average molecular weight is 971 g/mol. The van der Waals surface area contributed by atoms with Crippen molar-refractivity contribution in [1.82, 2.24) is 4.90 Å². The van der Waals surface area contributed by atoms with Gasteiger partial charge in [0.15, 0.2) is 0 Å². The van der Waals surface area contributed by atoms with E-state index in [0.29, 0.717) is 47.8 Å². The molecular weight excluding hydrogens is 907 g/mol. The van der Waals surface area contributed by atoms with Crippen LogP contribution in [0.15, 0.2) is 157 Å². The van der Waals surface area contributed by atoms with Gasteiger partial charge >= 0.3 is 6.09 Å². The lowest BCUT2D eigenvalue weighted by atomic mass is 9.55. The Hall–Kier alpha value is -6.38. The molecule has 1 aliphatic heterocycles. The van der Waals surface area contributed by atoms with Gasteiger partial charge in [0.1, 0.15) is 49.0 Å². The van der Waals surface area contributed by atoms with Gasteiger partial charge < -0.3 is 38.7 Å². The number of oxime groups is 1. The fourth-order valence-electron chi connectivity index (χ4n) is 10.4. The van der Waals surface area contributed by atoms with Gasteiger partial charge in [-0.3, -0.25) is 4.90 Å². The number of rotatable bonds is 25. The molecule has 0 bridgehead atoms. The third-order valence-electron chi connectivity index (χ3n) is 13.7. The molecule has 1 heterocycles. The SMILES string of the molecule is C=CCOC12Oc3ccc(OCc4ccccc4F)cc3C3C(CCCCO)C(CCCCO)C=C(C(=NOCc4ccccc4)CC1N(Cc1ccc(F)cc1)C(=O)OCCOCc1ccccc1)C32. The summed E-state index contributed by atoms with van der Waals surface area (Å²) in [6.45, 7) is 4.76. The Labute approximate surface area is 415 Å². The number of aliphatic hydroxyl groups is 2. The van der Waals surface area contributed by atoms with Crippen molar-refractivity contribution in [3.63, 3.8) is 0 Å². The highest BCUT2D eigenvalue weighted by Crippen LogP contribution is 2.62. The van der Waals surface area contributed by atoms with E-state index in [-0.39, 0.29) is 82.8 Å². The minimum Gasteiger partial charge on any atom is -0.489 e. The predicted molar refractivity (Wildman–Crippen MR) is 266 cm³/mol. The number of carbonyl (C=O) groups is 1. The number of allylic oxidation sites excluding steroid dienone is 1. The van der Waals surface area contributed by atoms with Crippen LogP contribution in [0, 0.1) is 29.4 Å². The maximum Gasteiger partial charge on any atom is 0.410 e. The number of benzene rings is 5. The molecule has 2 aliphatic carbocycles. The molecule has 0 aromatic heterocycles. The van der Waals surface area contributed by atoms with Crippen molar-refractivity contribution in [2.75, 3.05) is 33.0 Å². The zero-order valence-electron chi connectivity index (χ0n) is 40.1. The Balaban J connectivity index is 1.27. The zero-order chi connectivity index (χ0) is 49.4. The normalized spacial score (nSPS) is 21.5. The molecule has 1 saturated carbocycles. The molecule has 0 saturated heterocycles. The smallest absolute Gasteiger partial charge is 0.410 e. The average Bonchev–Trinajstić information content (AvgIpc) is 3.39. The Morgan fingerprint density at radius 3 is 2.23 bits per heavy atom. The van der Waals surface area contributed by atoms with Crippen LogP contribution in [0.1, 0.15) is 78.7 Å². The molecule has 0 radical (unpaired) electrons. The van der Waals surface area contributed by atoms with Crippen LogP contribution < -0.4 is 9.47 Å².